The molecule has 5 nitrogen and oxygen atoms in total. The summed E-state index contributed by atoms with van der Waals surface area (Å²) < 4.78 is 28.8. The highest BCUT2D eigenvalue weighted by atomic mass is 32.2. The van der Waals surface area contributed by atoms with E-state index in [2.05, 4.69) is 15.7 Å². The fourth-order valence-corrected chi connectivity index (χ4v) is 1.96. The van der Waals surface area contributed by atoms with Crippen LogP contribution in [0.2, 0.25) is 0 Å². The average molecular weight is 216 g/mol. The van der Waals surface area contributed by atoms with Gasteiger partial charge in [-0.3, -0.25) is 0 Å². The molecule has 0 N–H and O–H groups in total. The second-order valence-electron chi connectivity index (χ2n) is 2.62. The van der Waals surface area contributed by atoms with Crippen molar-refractivity contribution in [3.63, 3.8) is 0 Å². The molecule has 0 atom stereocenters. The van der Waals surface area contributed by atoms with E-state index in [4.69, 9.17) is 0 Å². The minimum absolute atomic E-state index is 0.0840. The second kappa shape index (κ2) is 4.28. The lowest BCUT2D eigenvalue weighted by atomic mass is 10.5. The highest BCUT2D eigenvalue weighted by Crippen LogP contribution is 2.10. The van der Waals surface area contributed by atoms with Crippen LogP contribution in [0.5, 0.6) is 0 Å². The van der Waals surface area contributed by atoms with Gasteiger partial charge in [0.25, 0.3) is 5.16 Å². The first-order valence-electron chi connectivity index (χ1n) is 4.17. The number of aryl methyl sites for hydroxylation is 1. The van der Waals surface area contributed by atoms with Crippen molar-refractivity contribution in [1.82, 2.24) is 9.55 Å². The molecule has 0 fully saturated rings. The summed E-state index contributed by atoms with van der Waals surface area (Å²) in [4.78, 5) is 3.73. The Morgan fingerprint density at radius 3 is 3.00 bits per heavy atom. The minimum atomic E-state index is -3.79. The molecule has 0 radical (unpaired) electrons. The van der Waals surface area contributed by atoms with Crippen LogP contribution in [0.15, 0.2) is 30.4 Å². The largest absolute Gasteiger partial charge is 0.385 e. The Morgan fingerprint density at radius 1 is 1.71 bits per heavy atom. The first-order chi connectivity index (χ1) is 6.61. The Hall–Kier alpha value is -1.30. The van der Waals surface area contributed by atoms with Gasteiger partial charge in [-0.2, -0.15) is 8.42 Å². The maximum Gasteiger partial charge on any atom is 0.373 e. The molecule has 6 heteroatoms. The molecule has 14 heavy (non-hydrogen) atoms. The third-order valence-corrected chi connectivity index (χ3v) is 2.74. The zero-order chi connectivity index (χ0) is 10.6. The summed E-state index contributed by atoms with van der Waals surface area (Å²) in [5.74, 6) is 0. The lowest BCUT2D eigenvalue weighted by Gasteiger charge is -2.05. The Bertz CT molecular complexity index is 408. The number of aromatic nitrogens is 2. The van der Waals surface area contributed by atoms with Crippen LogP contribution in [0, 0.1) is 0 Å². The van der Waals surface area contributed by atoms with E-state index in [1.165, 1.54) is 10.8 Å². The van der Waals surface area contributed by atoms with Gasteiger partial charge in [-0.1, -0.05) is 13.5 Å². The van der Waals surface area contributed by atoms with Crippen LogP contribution in [0.1, 0.15) is 13.3 Å². The third-order valence-electron chi connectivity index (χ3n) is 1.56. The average Bonchev–Trinajstić information content (AvgIpc) is 2.53. The lowest BCUT2D eigenvalue weighted by Crippen LogP contribution is -2.11. The molecule has 0 spiro atoms. The Balaban J connectivity index is 3.05. The number of imidazole rings is 1. The summed E-state index contributed by atoms with van der Waals surface area (Å²) in [6.07, 6.45) is 4.73. The normalized spacial score (nSPS) is 11.2. The van der Waals surface area contributed by atoms with Gasteiger partial charge in [-0.25, -0.2) is 4.98 Å². The molecular weight excluding hydrogens is 204 g/mol. The summed E-state index contributed by atoms with van der Waals surface area (Å²) >= 11 is 0. The lowest BCUT2D eigenvalue weighted by molar-refractivity contribution is 0.428. The van der Waals surface area contributed by atoms with Crippen molar-refractivity contribution in [3.8, 4) is 0 Å². The molecule has 0 saturated carbocycles. The Kier molecular flexibility index (Phi) is 3.29. The number of hydrogen-bond acceptors (Lipinski definition) is 4. The van der Waals surface area contributed by atoms with E-state index >= 15 is 0 Å². The summed E-state index contributed by atoms with van der Waals surface area (Å²) in [6.45, 7) is 5.73. The van der Waals surface area contributed by atoms with E-state index < -0.39 is 10.1 Å². The summed E-state index contributed by atoms with van der Waals surface area (Å²) in [5.41, 5.74) is 0. The quantitative estimate of drug-likeness (QED) is 0.547. The van der Waals surface area contributed by atoms with Gasteiger partial charge in [0, 0.05) is 18.9 Å². The van der Waals surface area contributed by atoms with E-state index in [1.807, 2.05) is 6.92 Å². The number of nitrogens with zero attached hydrogens (tertiary/aromatic N) is 2. The maximum atomic E-state index is 11.4. The predicted molar refractivity (Wildman–Crippen MR) is 51.0 cm³/mol. The molecule has 0 aliphatic rings. The standard InChI is InChI=1S/C8H12N2O3S/c1-3-6-10-7-5-9-8(10)14(11,12)13-4-2/h4-5,7H,2-3,6H2,1H3. The molecule has 1 aromatic rings. The molecule has 0 amide bonds. The van der Waals surface area contributed by atoms with E-state index in [0.717, 1.165) is 12.7 Å². The van der Waals surface area contributed by atoms with Gasteiger partial charge in [0.15, 0.2) is 0 Å². The molecule has 1 aromatic heterocycles. The minimum Gasteiger partial charge on any atom is -0.385 e. The van der Waals surface area contributed by atoms with Crippen LogP contribution in [0.3, 0.4) is 0 Å². The van der Waals surface area contributed by atoms with Gasteiger partial charge in [0.1, 0.15) is 0 Å². The fourth-order valence-electron chi connectivity index (χ4n) is 1.07. The van der Waals surface area contributed by atoms with E-state index in [9.17, 15) is 8.42 Å². The summed E-state index contributed by atoms with van der Waals surface area (Å²) in [5, 5.41) is -0.0840. The maximum absolute atomic E-state index is 11.4. The van der Waals surface area contributed by atoms with Gasteiger partial charge >= 0.3 is 10.1 Å². The Labute approximate surface area is 83.2 Å². The molecule has 1 heterocycles. The van der Waals surface area contributed by atoms with Crippen molar-refractivity contribution in [2.24, 2.45) is 0 Å². The fraction of sp³-hybridized carbons (Fsp3) is 0.375. The van der Waals surface area contributed by atoms with E-state index in [0.29, 0.717) is 6.54 Å². The van der Waals surface area contributed by atoms with Gasteiger partial charge in [0.2, 0.25) is 0 Å². The van der Waals surface area contributed by atoms with Crippen LogP contribution in [-0.4, -0.2) is 18.0 Å². The SMILES string of the molecule is C=COS(=O)(=O)c1nccn1CCC. The number of rotatable bonds is 5. The zero-order valence-corrected chi connectivity index (χ0v) is 8.70. The predicted octanol–water partition coefficient (Wildman–Crippen LogP) is 1.14. The van der Waals surface area contributed by atoms with Crippen molar-refractivity contribution in [3.05, 3.63) is 25.2 Å². The van der Waals surface area contributed by atoms with Crippen LogP contribution >= 0.6 is 0 Å². The molecule has 0 saturated heterocycles. The van der Waals surface area contributed by atoms with Gasteiger partial charge in [-0.05, 0) is 6.42 Å². The van der Waals surface area contributed by atoms with E-state index in [1.54, 1.807) is 6.20 Å². The zero-order valence-electron chi connectivity index (χ0n) is 7.88. The molecule has 0 bridgehead atoms. The molecule has 0 unspecified atom stereocenters. The van der Waals surface area contributed by atoms with Crippen LogP contribution < -0.4 is 0 Å². The highest BCUT2D eigenvalue weighted by Gasteiger charge is 2.20. The van der Waals surface area contributed by atoms with Gasteiger partial charge < -0.3 is 8.75 Å². The first-order valence-corrected chi connectivity index (χ1v) is 5.58. The van der Waals surface area contributed by atoms with Crippen LogP contribution in [0.25, 0.3) is 0 Å². The van der Waals surface area contributed by atoms with Crippen LogP contribution in [-0.2, 0) is 20.8 Å². The van der Waals surface area contributed by atoms with Crippen molar-refractivity contribution in [2.75, 3.05) is 0 Å². The van der Waals surface area contributed by atoms with E-state index in [-0.39, 0.29) is 5.16 Å². The highest BCUT2D eigenvalue weighted by molar-refractivity contribution is 7.86. The van der Waals surface area contributed by atoms with Crippen molar-refractivity contribution < 1.29 is 12.6 Å². The topological polar surface area (TPSA) is 61.2 Å². The van der Waals surface area contributed by atoms with Crippen molar-refractivity contribution in [1.29, 1.82) is 0 Å². The Morgan fingerprint density at radius 2 is 2.43 bits per heavy atom. The molecule has 0 aliphatic carbocycles. The smallest absolute Gasteiger partial charge is 0.373 e. The molecule has 78 valence electrons. The summed E-state index contributed by atoms with van der Waals surface area (Å²) in [7, 11) is -3.79. The molecule has 1 rings (SSSR count). The molecule has 0 aliphatic heterocycles. The molecule has 0 aromatic carbocycles. The van der Waals surface area contributed by atoms with Crippen molar-refractivity contribution >= 4 is 10.1 Å². The van der Waals surface area contributed by atoms with Gasteiger partial charge in [-0.15, -0.1) is 0 Å². The van der Waals surface area contributed by atoms with Crippen LogP contribution in [0.4, 0.5) is 0 Å². The molecular formula is C8H12N2O3S. The monoisotopic (exact) mass is 216 g/mol. The number of hydrogen-bond donors (Lipinski definition) is 0. The van der Waals surface area contributed by atoms with Crippen molar-refractivity contribution in [2.45, 2.75) is 25.0 Å². The first kappa shape index (κ1) is 10.8. The van der Waals surface area contributed by atoms with Gasteiger partial charge in [0.05, 0.1) is 6.26 Å². The summed E-state index contributed by atoms with van der Waals surface area (Å²) in [6, 6.07) is 0. The second-order valence-corrected chi connectivity index (χ2v) is 4.09. The third kappa shape index (κ3) is 2.14.